The number of benzene rings is 2. The molecular formula is C16H13FN2O3S2. The van der Waals surface area contributed by atoms with Crippen LogP contribution in [0, 0.1) is 0 Å². The number of anilines is 2. The second-order valence-corrected chi connectivity index (χ2v) is 7.47. The van der Waals surface area contributed by atoms with Gasteiger partial charge in [0.1, 0.15) is 0 Å². The van der Waals surface area contributed by atoms with Gasteiger partial charge in [0.15, 0.2) is 4.90 Å². The van der Waals surface area contributed by atoms with E-state index in [0.717, 1.165) is 4.90 Å². The maximum Gasteiger partial charge on any atom is 0.255 e. The number of carbonyl (C=O) groups is 2. The topological polar surface area (TPSA) is 81.3 Å². The summed E-state index contributed by atoms with van der Waals surface area (Å²) in [5, 5.41) is 5.20. The highest BCUT2D eigenvalue weighted by Gasteiger charge is 2.23. The Kier molecular flexibility index (Phi) is 4.79. The Balaban J connectivity index is 1.80. The van der Waals surface area contributed by atoms with E-state index in [1.54, 1.807) is 24.3 Å². The Morgan fingerprint density at radius 1 is 1.33 bits per heavy atom. The first-order valence-electron chi connectivity index (χ1n) is 7.05. The first-order chi connectivity index (χ1) is 11.4. The van der Waals surface area contributed by atoms with Crippen molar-refractivity contribution in [2.75, 3.05) is 10.6 Å². The molecule has 0 spiro atoms. The molecule has 3 rings (SSSR count). The van der Waals surface area contributed by atoms with E-state index in [1.165, 1.54) is 30.0 Å². The Morgan fingerprint density at radius 3 is 2.88 bits per heavy atom. The molecular weight excluding hydrogens is 351 g/mol. The zero-order valence-electron chi connectivity index (χ0n) is 12.5. The lowest BCUT2D eigenvalue weighted by molar-refractivity contribution is -0.115. The minimum Gasteiger partial charge on any atom is -0.575 e. The van der Waals surface area contributed by atoms with Gasteiger partial charge in [0, 0.05) is 26.1 Å². The van der Waals surface area contributed by atoms with Crippen LogP contribution in [0.2, 0.25) is 0 Å². The van der Waals surface area contributed by atoms with Crippen LogP contribution in [-0.4, -0.2) is 21.6 Å². The fraction of sp³-hybridized carbons (Fsp3) is 0.125. The molecule has 2 unspecified atom stereocenters. The van der Waals surface area contributed by atoms with Crippen molar-refractivity contribution >= 4 is 46.5 Å². The van der Waals surface area contributed by atoms with E-state index < -0.39 is 17.5 Å². The minimum atomic E-state index is -2.61. The lowest BCUT2D eigenvalue weighted by Crippen LogP contribution is -2.26. The molecule has 1 heterocycles. The highest BCUT2D eigenvalue weighted by molar-refractivity contribution is 8.01. The van der Waals surface area contributed by atoms with Gasteiger partial charge in [-0.15, -0.1) is 11.8 Å². The maximum absolute atomic E-state index is 12.8. The van der Waals surface area contributed by atoms with Gasteiger partial charge in [-0.05, 0) is 37.3 Å². The number of hydrogen-bond donors (Lipinski definition) is 2. The van der Waals surface area contributed by atoms with Crippen molar-refractivity contribution in [3.05, 3.63) is 48.0 Å². The van der Waals surface area contributed by atoms with Gasteiger partial charge in [-0.25, -0.2) is 0 Å². The van der Waals surface area contributed by atoms with E-state index in [2.05, 4.69) is 10.6 Å². The number of rotatable bonds is 3. The third-order valence-electron chi connectivity index (χ3n) is 3.45. The number of thioether (sulfide) groups is 1. The average Bonchev–Trinajstić information content (AvgIpc) is 2.55. The van der Waals surface area contributed by atoms with Crippen molar-refractivity contribution in [2.45, 2.75) is 22.0 Å². The van der Waals surface area contributed by atoms with Gasteiger partial charge < -0.3 is 15.2 Å². The first-order valence-corrected chi connectivity index (χ1v) is 8.98. The normalized spacial score (nSPS) is 17.6. The summed E-state index contributed by atoms with van der Waals surface area (Å²) in [4.78, 5) is 24.9. The number of hydrogen-bond acceptors (Lipinski definition) is 4. The number of amides is 2. The smallest absolute Gasteiger partial charge is 0.255 e. The van der Waals surface area contributed by atoms with E-state index in [1.807, 2.05) is 6.92 Å². The zero-order valence-corrected chi connectivity index (χ0v) is 14.2. The molecule has 2 aromatic rings. The first kappa shape index (κ1) is 16.8. The van der Waals surface area contributed by atoms with Gasteiger partial charge in [0.05, 0.1) is 10.9 Å². The molecule has 1 aliphatic heterocycles. The molecule has 2 N–H and O–H groups in total. The van der Waals surface area contributed by atoms with Gasteiger partial charge in [-0.1, -0.05) is 6.07 Å². The van der Waals surface area contributed by atoms with Crippen LogP contribution in [-0.2, 0) is 16.4 Å². The molecule has 0 bridgehead atoms. The van der Waals surface area contributed by atoms with Gasteiger partial charge in [-0.2, -0.15) is 0 Å². The largest absolute Gasteiger partial charge is 0.575 e. The highest BCUT2D eigenvalue weighted by Crippen LogP contribution is 2.36. The van der Waals surface area contributed by atoms with Gasteiger partial charge >= 0.3 is 0 Å². The molecule has 0 radical (unpaired) electrons. The lowest BCUT2D eigenvalue weighted by Gasteiger charge is -2.21. The SMILES string of the molecule is CC1Sc2ccc(C(=O)Nc3cccc([S+]([O-])F)c3)cc2NC1=O. The molecule has 0 aliphatic carbocycles. The van der Waals surface area contributed by atoms with E-state index in [0.29, 0.717) is 16.9 Å². The molecule has 2 aromatic carbocycles. The summed E-state index contributed by atoms with van der Waals surface area (Å²) < 4.78 is 23.7. The Labute approximate surface area is 145 Å². The molecule has 0 saturated heterocycles. The third-order valence-corrected chi connectivity index (χ3v) is 5.25. The summed E-state index contributed by atoms with van der Waals surface area (Å²) >= 11 is -1.18. The molecule has 8 heteroatoms. The van der Waals surface area contributed by atoms with Gasteiger partial charge in [0.2, 0.25) is 17.5 Å². The van der Waals surface area contributed by atoms with Crippen LogP contribution in [0.3, 0.4) is 0 Å². The molecule has 0 saturated carbocycles. The van der Waals surface area contributed by atoms with Crippen molar-refractivity contribution in [1.82, 2.24) is 0 Å². The summed E-state index contributed by atoms with van der Waals surface area (Å²) in [7, 11) is 0. The second kappa shape index (κ2) is 6.84. The molecule has 5 nitrogen and oxygen atoms in total. The minimum absolute atomic E-state index is 0.0177. The van der Waals surface area contributed by atoms with Crippen LogP contribution in [0.4, 0.5) is 15.3 Å². The van der Waals surface area contributed by atoms with Crippen LogP contribution in [0.25, 0.3) is 0 Å². The van der Waals surface area contributed by atoms with Gasteiger partial charge in [-0.3, -0.25) is 9.59 Å². The van der Waals surface area contributed by atoms with Crippen LogP contribution in [0.5, 0.6) is 0 Å². The monoisotopic (exact) mass is 364 g/mol. The molecule has 0 aromatic heterocycles. The summed E-state index contributed by atoms with van der Waals surface area (Å²) in [6, 6.07) is 10.8. The fourth-order valence-corrected chi connectivity index (χ4v) is 3.56. The number of carbonyl (C=O) groups excluding carboxylic acids is 2. The molecule has 24 heavy (non-hydrogen) atoms. The Hall–Kier alpha value is -2.03. The average molecular weight is 364 g/mol. The fourth-order valence-electron chi connectivity index (χ4n) is 2.23. The summed E-state index contributed by atoms with van der Waals surface area (Å²) in [6.45, 7) is 1.81. The molecule has 2 amide bonds. The summed E-state index contributed by atoms with van der Waals surface area (Å²) in [6.07, 6.45) is 0. The summed E-state index contributed by atoms with van der Waals surface area (Å²) in [5.41, 5.74) is 1.29. The van der Waals surface area contributed by atoms with Crippen molar-refractivity contribution in [3.63, 3.8) is 0 Å². The molecule has 1 aliphatic rings. The zero-order chi connectivity index (χ0) is 17.3. The van der Waals surface area contributed by atoms with Crippen LogP contribution < -0.4 is 10.6 Å². The summed E-state index contributed by atoms with van der Waals surface area (Å²) in [5.74, 6) is -0.513. The number of fused-ring (bicyclic) bond motifs is 1. The van der Waals surface area contributed by atoms with Crippen molar-refractivity contribution in [3.8, 4) is 0 Å². The predicted molar refractivity (Wildman–Crippen MR) is 92.3 cm³/mol. The van der Waals surface area contributed by atoms with E-state index in [4.69, 9.17) is 0 Å². The number of halogens is 1. The van der Waals surface area contributed by atoms with E-state index >= 15 is 0 Å². The standard InChI is InChI=1S/C16H13FN2O3S2/c1-9-15(20)19-13-7-10(5-6-14(13)23-9)16(21)18-11-3-2-4-12(8-11)24(17)22/h2-9H,1H3,(H,18,21)(H,19,20). The van der Waals surface area contributed by atoms with E-state index in [9.17, 15) is 18.0 Å². The Morgan fingerprint density at radius 2 is 2.12 bits per heavy atom. The van der Waals surface area contributed by atoms with Crippen molar-refractivity contribution in [1.29, 1.82) is 0 Å². The van der Waals surface area contributed by atoms with Crippen LogP contribution >= 0.6 is 11.8 Å². The lowest BCUT2D eigenvalue weighted by atomic mass is 10.1. The number of nitrogens with one attached hydrogen (secondary N) is 2. The third kappa shape index (κ3) is 3.55. The van der Waals surface area contributed by atoms with E-state index in [-0.39, 0.29) is 16.1 Å². The molecule has 2 atom stereocenters. The predicted octanol–water partition coefficient (Wildman–Crippen LogP) is 3.36. The van der Waals surface area contributed by atoms with Crippen LogP contribution in [0.15, 0.2) is 52.3 Å². The van der Waals surface area contributed by atoms with Crippen molar-refractivity contribution < 1.29 is 18.0 Å². The van der Waals surface area contributed by atoms with Crippen molar-refractivity contribution in [2.24, 2.45) is 0 Å². The Bertz CT molecular complexity index is 814. The quantitative estimate of drug-likeness (QED) is 0.818. The van der Waals surface area contributed by atoms with Crippen LogP contribution in [0.1, 0.15) is 17.3 Å². The molecule has 0 fully saturated rings. The van der Waals surface area contributed by atoms with Gasteiger partial charge in [0.25, 0.3) is 5.91 Å². The second-order valence-electron chi connectivity index (χ2n) is 5.17. The maximum atomic E-state index is 12.8. The highest BCUT2D eigenvalue weighted by atomic mass is 32.3. The molecule has 124 valence electrons.